The number of rotatable bonds is 6. The number of allylic oxidation sites excluding steroid dienone is 3. The van der Waals surface area contributed by atoms with Gasteiger partial charge in [0.25, 0.3) is 0 Å². The Morgan fingerprint density at radius 1 is 1.07 bits per heavy atom. The first-order valence-electron chi connectivity index (χ1n) is 9.83. The standard InChI is InChI=1S/C11H18N2O.C10H16ClN3/c1-4-9-7-11(14)8(3)6-10(9)13(12)5-2;1-4-8-9(14(12)5-2)6-7(3)10(11)13-8/h6H,4-5,7,12H2,1-3H3;6H,4-5,12H2,1-3H3. The summed E-state index contributed by atoms with van der Waals surface area (Å²) in [6, 6.07) is 1.98. The average Bonchev–Trinajstić information content (AvgIpc) is 2.70. The van der Waals surface area contributed by atoms with Crippen LogP contribution in [0.2, 0.25) is 5.15 Å². The number of halogens is 1. The van der Waals surface area contributed by atoms with Crippen LogP contribution in [0.15, 0.2) is 29.0 Å². The van der Waals surface area contributed by atoms with Crippen LogP contribution < -0.4 is 16.7 Å². The Bertz CT molecular complexity index is 757. The van der Waals surface area contributed by atoms with Gasteiger partial charge in [-0.05, 0) is 69.4 Å². The highest BCUT2D eigenvalue weighted by Crippen LogP contribution is 2.25. The lowest BCUT2D eigenvalue weighted by molar-refractivity contribution is -0.115. The van der Waals surface area contributed by atoms with Gasteiger partial charge in [-0.15, -0.1) is 0 Å². The van der Waals surface area contributed by atoms with E-state index in [1.165, 1.54) is 0 Å². The minimum Gasteiger partial charge on any atom is -0.311 e. The predicted octanol–water partition coefficient (Wildman–Crippen LogP) is 4.07. The molecule has 0 bridgehead atoms. The summed E-state index contributed by atoms with van der Waals surface area (Å²) in [6.07, 6.45) is 4.15. The fourth-order valence-electron chi connectivity index (χ4n) is 2.86. The normalized spacial score (nSPS) is 13.8. The molecule has 1 aliphatic rings. The maximum absolute atomic E-state index is 11.5. The Morgan fingerprint density at radius 2 is 1.68 bits per heavy atom. The monoisotopic (exact) mass is 407 g/mol. The van der Waals surface area contributed by atoms with Gasteiger partial charge in [0, 0.05) is 19.5 Å². The molecule has 1 aliphatic carbocycles. The Morgan fingerprint density at radius 3 is 2.18 bits per heavy atom. The Labute approximate surface area is 174 Å². The Balaban J connectivity index is 0.000000280. The molecular weight excluding hydrogens is 374 g/mol. The molecule has 0 aliphatic heterocycles. The van der Waals surface area contributed by atoms with Crippen LogP contribution in [0, 0.1) is 6.92 Å². The first-order valence-corrected chi connectivity index (χ1v) is 10.2. The van der Waals surface area contributed by atoms with Crippen molar-refractivity contribution in [2.75, 3.05) is 18.1 Å². The molecule has 0 radical (unpaired) electrons. The summed E-state index contributed by atoms with van der Waals surface area (Å²) in [7, 11) is 0. The number of carbonyl (C=O) groups excluding carboxylic acids is 1. The first kappa shape index (κ1) is 24.1. The molecule has 156 valence electrons. The quantitative estimate of drug-likeness (QED) is 0.419. The SMILES string of the molecule is CCC1=C(N(N)CC)C=C(C)C(=O)C1.CCc1nc(Cl)c(C)cc1N(N)CC. The summed E-state index contributed by atoms with van der Waals surface area (Å²) in [5.41, 5.74) is 5.85. The number of ketones is 1. The van der Waals surface area contributed by atoms with Crippen molar-refractivity contribution in [1.29, 1.82) is 0 Å². The summed E-state index contributed by atoms with van der Waals surface area (Å²) in [6.45, 7) is 13.4. The molecule has 0 atom stereocenters. The molecule has 6 nitrogen and oxygen atoms in total. The third kappa shape index (κ3) is 6.06. The van der Waals surface area contributed by atoms with Gasteiger partial charge in [-0.1, -0.05) is 25.4 Å². The fourth-order valence-corrected chi connectivity index (χ4v) is 3.02. The second-order valence-corrected chi connectivity index (χ2v) is 7.12. The van der Waals surface area contributed by atoms with Crippen molar-refractivity contribution in [3.63, 3.8) is 0 Å². The van der Waals surface area contributed by atoms with E-state index in [1.807, 2.05) is 46.8 Å². The molecule has 7 heteroatoms. The van der Waals surface area contributed by atoms with Gasteiger partial charge in [0.1, 0.15) is 5.15 Å². The number of pyridine rings is 1. The van der Waals surface area contributed by atoms with Crippen molar-refractivity contribution >= 4 is 23.1 Å². The van der Waals surface area contributed by atoms with Crippen LogP contribution in [0.3, 0.4) is 0 Å². The van der Waals surface area contributed by atoms with E-state index in [-0.39, 0.29) is 5.78 Å². The van der Waals surface area contributed by atoms with Gasteiger partial charge in [-0.2, -0.15) is 0 Å². The van der Waals surface area contributed by atoms with E-state index >= 15 is 0 Å². The van der Waals surface area contributed by atoms with Crippen LogP contribution in [-0.4, -0.2) is 28.9 Å². The third-order valence-corrected chi connectivity index (χ3v) is 5.18. The highest BCUT2D eigenvalue weighted by molar-refractivity contribution is 6.30. The van der Waals surface area contributed by atoms with Crippen LogP contribution in [0.25, 0.3) is 0 Å². The van der Waals surface area contributed by atoms with Gasteiger partial charge >= 0.3 is 0 Å². The zero-order valence-corrected chi connectivity index (χ0v) is 18.7. The number of Topliss-reactive ketones (excluding diaryl/α,β-unsaturated/α-hetero) is 1. The predicted molar refractivity (Wildman–Crippen MR) is 118 cm³/mol. The smallest absolute Gasteiger partial charge is 0.162 e. The minimum atomic E-state index is 0.218. The van der Waals surface area contributed by atoms with Crippen LogP contribution in [0.4, 0.5) is 5.69 Å². The van der Waals surface area contributed by atoms with E-state index in [0.29, 0.717) is 11.6 Å². The van der Waals surface area contributed by atoms with Gasteiger partial charge in [0.05, 0.1) is 17.1 Å². The number of hydrazine groups is 2. The van der Waals surface area contributed by atoms with E-state index in [4.69, 9.17) is 23.3 Å². The summed E-state index contributed by atoms with van der Waals surface area (Å²) >= 11 is 5.94. The fraction of sp³-hybridized carbons (Fsp3) is 0.524. The van der Waals surface area contributed by atoms with Crippen LogP contribution in [0.5, 0.6) is 0 Å². The molecule has 0 fully saturated rings. The maximum atomic E-state index is 11.5. The van der Waals surface area contributed by atoms with E-state index in [1.54, 1.807) is 10.0 Å². The van der Waals surface area contributed by atoms with E-state index in [9.17, 15) is 4.79 Å². The zero-order valence-electron chi connectivity index (χ0n) is 18.0. The Hall–Kier alpha value is -1.89. The van der Waals surface area contributed by atoms with Crippen molar-refractivity contribution < 1.29 is 4.79 Å². The number of nitrogens with two attached hydrogens (primary N) is 2. The summed E-state index contributed by atoms with van der Waals surface area (Å²) in [4.78, 5) is 15.8. The van der Waals surface area contributed by atoms with Gasteiger partial charge < -0.3 is 10.0 Å². The molecule has 0 aromatic carbocycles. The third-order valence-electron chi connectivity index (χ3n) is 4.80. The number of anilines is 1. The number of hydrogen-bond donors (Lipinski definition) is 2. The molecule has 1 heterocycles. The highest BCUT2D eigenvalue weighted by Gasteiger charge is 2.18. The number of hydrogen-bond acceptors (Lipinski definition) is 6. The second-order valence-electron chi connectivity index (χ2n) is 6.76. The maximum Gasteiger partial charge on any atom is 0.162 e. The first-order chi connectivity index (χ1) is 13.2. The topological polar surface area (TPSA) is 88.5 Å². The number of aryl methyl sites for hydroxylation is 2. The molecular formula is C21H34ClN5O. The molecule has 1 aromatic heterocycles. The number of aromatic nitrogens is 1. The summed E-state index contributed by atoms with van der Waals surface area (Å²) in [5.74, 6) is 11.9. The number of nitrogens with zero attached hydrogens (tertiary/aromatic N) is 3. The van der Waals surface area contributed by atoms with E-state index in [0.717, 1.165) is 59.7 Å². The summed E-state index contributed by atoms with van der Waals surface area (Å²) < 4.78 is 0. The molecule has 0 unspecified atom stereocenters. The molecule has 0 saturated heterocycles. The molecule has 1 aromatic rings. The van der Waals surface area contributed by atoms with Crippen LogP contribution in [0.1, 0.15) is 58.7 Å². The van der Waals surface area contributed by atoms with E-state index < -0.39 is 0 Å². The molecule has 0 saturated carbocycles. The van der Waals surface area contributed by atoms with Crippen molar-refractivity contribution in [2.24, 2.45) is 11.7 Å². The summed E-state index contributed by atoms with van der Waals surface area (Å²) in [5, 5.41) is 3.96. The largest absolute Gasteiger partial charge is 0.311 e. The van der Waals surface area contributed by atoms with Crippen molar-refractivity contribution in [2.45, 2.75) is 60.8 Å². The Kier molecular flexibility index (Phi) is 9.65. The van der Waals surface area contributed by atoms with Crippen LogP contribution >= 0.6 is 11.6 Å². The van der Waals surface area contributed by atoms with Gasteiger partial charge in [-0.25, -0.2) is 16.7 Å². The van der Waals surface area contributed by atoms with Crippen molar-refractivity contribution in [3.05, 3.63) is 45.4 Å². The number of carbonyl (C=O) groups is 1. The van der Waals surface area contributed by atoms with E-state index in [2.05, 4.69) is 11.9 Å². The lowest BCUT2D eigenvalue weighted by Crippen LogP contribution is -2.32. The lowest BCUT2D eigenvalue weighted by atomic mass is 9.94. The molecule has 4 N–H and O–H groups in total. The molecule has 0 spiro atoms. The van der Waals surface area contributed by atoms with Gasteiger partial charge in [0.15, 0.2) is 5.78 Å². The molecule has 2 rings (SSSR count). The number of likely N-dealkylation sites (N-methyl/N-ethyl adjacent to an activating group) is 1. The lowest BCUT2D eigenvalue weighted by Gasteiger charge is -2.24. The molecule has 0 amide bonds. The molecule has 28 heavy (non-hydrogen) atoms. The van der Waals surface area contributed by atoms with Crippen LogP contribution in [-0.2, 0) is 11.2 Å². The van der Waals surface area contributed by atoms with Gasteiger partial charge in [0.2, 0.25) is 0 Å². The zero-order chi connectivity index (χ0) is 21.4. The second kappa shape index (κ2) is 11.2. The average molecular weight is 408 g/mol. The van der Waals surface area contributed by atoms with Crippen molar-refractivity contribution in [3.8, 4) is 0 Å². The van der Waals surface area contributed by atoms with Crippen molar-refractivity contribution in [1.82, 2.24) is 9.99 Å². The highest BCUT2D eigenvalue weighted by atomic mass is 35.5. The van der Waals surface area contributed by atoms with Gasteiger partial charge in [-0.3, -0.25) is 4.79 Å². The minimum absolute atomic E-state index is 0.218.